The predicted molar refractivity (Wildman–Crippen MR) is 119 cm³/mol. The lowest BCUT2D eigenvalue weighted by Gasteiger charge is -2.46. The van der Waals surface area contributed by atoms with Crippen molar-refractivity contribution < 1.29 is 23.9 Å². The normalized spacial score (nSPS) is 26.5. The smallest absolute Gasteiger partial charge is 0.248 e. The molecule has 32 heavy (non-hydrogen) atoms. The number of hydrogen-bond donors (Lipinski definition) is 0. The van der Waals surface area contributed by atoms with Crippen molar-refractivity contribution in [3.63, 3.8) is 0 Å². The highest BCUT2D eigenvalue weighted by Gasteiger charge is 2.42. The molecule has 0 N–H and O–H groups in total. The van der Waals surface area contributed by atoms with Crippen molar-refractivity contribution in [1.29, 1.82) is 0 Å². The van der Waals surface area contributed by atoms with Gasteiger partial charge in [-0.3, -0.25) is 14.4 Å². The van der Waals surface area contributed by atoms with Crippen molar-refractivity contribution in [2.75, 3.05) is 52.5 Å². The SMILES string of the molecule is CC(=O)N1CCC(CC(=O)N2CCC3(CC2)CC(OCC(=O)N2CCCC2)CCO3)CC1. The minimum Gasteiger partial charge on any atom is -0.375 e. The molecule has 0 aromatic rings. The van der Waals surface area contributed by atoms with Gasteiger partial charge in [0, 0.05) is 65.6 Å². The Morgan fingerprint density at radius 1 is 0.875 bits per heavy atom. The lowest BCUT2D eigenvalue weighted by atomic mass is 9.83. The standard InChI is InChI=1S/C24H39N3O5/c1-19(28)25-11-4-20(5-12-25)16-22(29)27-13-7-24(8-14-27)17-21(6-15-32-24)31-18-23(30)26-9-2-3-10-26/h20-21H,2-18H2,1H3. The van der Waals surface area contributed by atoms with Crippen LogP contribution in [0.1, 0.15) is 64.7 Å². The Kier molecular flexibility index (Phi) is 7.71. The molecule has 4 rings (SSSR count). The molecule has 1 spiro atoms. The maximum atomic E-state index is 12.9. The van der Waals surface area contributed by atoms with Crippen molar-refractivity contribution in [2.24, 2.45) is 5.92 Å². The zero-order chi connectivity index (χ0) is 22.6. The van der Waals surface area contributed by atoms with Crippen LogP contribution in [0.2, 0.25) is 0 Å². The molecule has 0 radical (unpaired) electrons. The maximum Gasteiger partial charge on any atom is 0.248 e. The van der Waals surface area contributed by atoms with Gasteiger partial charge < -0.3 is 24.2 Å². The predicted octanol–water partition coefficient (Wildman–Crippen LogP) is 1.81. The van der Waals surface area contributed by atoms with E-state index >= 15 is 0 Å². The molecule has 0 aromatic carbocycles. The molecule has 3 amide bonds. The van der Waals surface area contributed by atoms with E-state index in [0.717, 1.165) is 90.6 Å². The highest BCUT2D eigenvalue weighted by atomic mass is 16.5. The van der Waals surface area contributed by atoms with E-state index in [1.54, 1.807) is 6.92 Å². The Hall–Kier alpha value is -1.67. The highest BCUT2D eigenvalue weighted by molar-refractivity contribution is 5.78. The number of nitrogens with zero attached hydrogens (tertiary/aromatic N) is 3. The second-order valence-electron chi connectivity index (χ2n) is 10.1. The summed E-state index contributed by atoms with van der Waals surface area (Å²) in [6, 6.07) is 0. The second-order valence-corrected chi connectivity index (χ2v) is 10.1. The minimum absolute atomic E-state index is 0.0593. The Balaban J connectivity index is 1.19. The molecule has 0 saturated carbocycles. The molecule has 4 fully saturated rings. The molecular formula is C24H39N3O5. The van der Waals surface area contributed by atoms with Gasteiger partial charge in [-0.25, -0.2) is 0 Å². The summed E-state index contributed by atoms with van der Waals surface area (Å²) < 4.78 is 12.2. The number of rotatable bonds is 5. The quantitative estimate of drug-likeness (QED) is 0.640. The van der Waals surface area contributed by atoms with Crippen molar-refractivity contribution in [3.8, 4) is 0 Å². The lowest BCUT2D eigenvalue weighted by Crippen LogP contribution is -2.52. The summed E-state index contributed by atoms with van der Waals surface area (Å²) in [7, 11) is 0. The van der Waals surface area contributed by atoms with Crippen LogP contribution in [0.25, 0.3) is 0 Å². The summed E-state index contributed by atoms with van der Waals surface area (Å²) >= 11 is 0. The summed E-state index contributed by atoms with van der Waals surface area (Å²) in [5.74, 6) is 0.857. The van der Waals surface area contributed by atoms with E-state index in [9.17, 15) is 14.4 Å². The van der Waals surface area contributed by atoms with E-state index in [0.29, 0.717) is 18.9 Å². The average molecular weight is 450 g/mol. The van der Waals surface area contributed by atoms with Gasteiger partial charge in [0.15, 0.2) is 0 Å². The molecular weight excluding hydrogens is 410 g/mol. The zero-order valence-electron chi connectivity index (χ0n) is 19.6. The number of hydrogen-bond acceptors (Lipinski definition) is 5. The molecule has 4 saturated heterocycles. The molecule has 4 aliphatic rings. The Labute approximate surface area is 191 Å². The monoisotopic (exact) mass is 449 g/mol. The first-order valence-corrected chi connectivity index (χ1v) is 12.5. The lowest BCUT2D eigenvalue weighted by molar-refractivity contribution is -0.167. The largest absolute Gasteiger partial charge is 0.375 e. The van der Waals surface area contributed by atoms with Gasteiger partial charge in [-0.1, -0.05) is 0 Å². The molecule has 0 aliphatic carbocycles. The van der Waals surface area contributed by atoms with Gasteiger partial charge in [-0.2, -0.15) is 0 Å². The van der Waals surface area contributed by atoms with Gasteiger partial charge in [0.25, 0.3) is 0 Å². The molecule has 1 unspecified atom stereocenters. The first-order valence-electron chi connectivity index (χ1n) is 12.5. The minimum atomic E-state index is -0.219. The van der Waals surface area contributed by atoms with Gasteiger partial charge in [0.1, 0.15) is 6.61 Å². The van der Waals surface area contributed by atoms with Crippen LogP contribution < -0.4 is 0 Å². The summed E-state index contributed by atoms with van der Waals surface area (Å²) in [6.07, 6.45) is 7.99. The van der Waals surface area contributed by atoms with Crippen LogP contribution in [0.3, 0.4) is 0 Å². The molecule has 4 aliphatic heterocycles. The number of carbonyl (C=O) groups excluding carboxylic acids is 3. The molecule has 8 nitrogen and oxygen atoms in total. The third kappa shape index (κ3) is 5.81. The summed E-state index contributed by atoms with van der Waals surface area (Å²) in [4.78, 5) is 42.4. The summed E-state index contributed by atoms with van der Waals surface area (Å²) in [6.45, 7) is 7.16. The van der Waals surface area contributed by atoms with E-state index in [2.05, 4.69) is 0 Å². The molecule has 180 valence electrons. The fraction of sp³-hybridized carbons (Fsp3) is 0.875. The molecule has 4 heterocycles. The van der Waals surface area contributed by atoms with Crippen molar-refractivity contribution >= 4 is 17.7 Å². The Bertz CT molecular complexity index is 677. The number of carbonyl (C=O) groups is 3. The number of amides is 3. The topological polar surface area (TPSA) is 79.4 Å². The number of ether oxygens (including phenoxy) is 2. The molecule has 0 aromatic heterocycles. The fourth-order valence-corrected chi connectivity index (χ4v) is 5.71. The second kappa shape index (κ2) is 10.5. The first-order chi connectivity index (χ1) is 15.4. The summed E-state index contributed by atoms with van der Waals surface area (Å²) in [5, 5.41) is 0. The number of piperidine rings is 2. The van der Waals surface area contributed by atoms with E-state index in [1.807, 2.05) is 14.7 Å². The Morgan fingerprint density at radius 3 is 2.19 bits per heavy atom. The van der Waals surface area contributed by atoms with Crippen LogP contribution in [-0.2, 0) is 23.9 Å². The third-order valence-electron chi connectivity index (χ3n) is 7.90. The van der Waals surface area contributed by atoms with Gasteiger partial charge in [0.2, 0.25) is 17.7 Å². The molecule has 1 atom stereocenters. The van der Waals surface area contributed by atoms with Crippen LogP contribution in [0.15, 0.2) is 0 Å². The Morgan fingerprint density at radius 2 is 1.53 bits per heavy atom. The van der Waals surface area contributed by atoms with Gasteiger partial charge in [-0.05, 0) is 50.9 Å². The van der Waals surface area contributed by atoms with E-state index in [-0.39, 0.29) is 36.0 Å². The fourth-order valence-electron chi connectivity index (χ4n) is 5.71. The van der Waals surface area contributed by atoms with Gasteiger partial charge in [0.05, 0.1) is 11.7 Å². The van der Waals surface area contributed by atoms with Crippen LogP contribution >= 0.6 is 0 Å². The maximum absolute atomic E-state index is 12.9. The van der Waals surface area contributed by atoms with Crippen molar-refractivity contribution in [3.05, 3.63) is 0 Å². The van der Waals surface area contributed by atoms with Gasteiger partial charge >= 0.3 is 0 Å². The summed E-state index contributed by atoms with van der Waals surface area (Å²) in [5.41, 5.74) is -0.219. The van der Waals surface area contributed by atoms with Crippen molar-refractivity contribution in [1.82, 2.24) is 14.7 Å². The number of likely N-dealkylation sites (tertiary alicyclic amines) is 3. The molecule has 0 bridgehead atoms. The zero-order valence-corrected chi connectivity index (χ0v) is 19.6. The van der Waals surface area contributed by atoms with E-state index in [4.69, 9.17) is 9.47 Å². The first kappa shape index (κ1) is 23.5. The average Bonchev–Trinajstić information content (AvgIpc) is 3.34. The highest BCUT2D eigenvalue weighted by Crippen LogP contribution is 2.36. The van der Waals surface area contributed by atoms with Crippen LogP contribution in [0.5, 0.6) is 0 Å². The van der Waals surface area contributed by atoms with Crippen LogP contribution in [0.4, 0.5) is 0 Å². The van der Waals surface area contributed by atoms with E-state index < -0.39 is 0 Å². The van der Waals surface area contributed by atoms with Gasteiger partial charge in [-0.15, -0.1) is 0 Å². The van der Waals surface area contributed by atoms with Crippen molar-refractivity contribution in [2.45, 2.75) is 76.4 Å². The van der Waals surface area contributed by atoms with Crippen LogP contribution in [0, 0.1) is 5.92 Å². The third-order valence-corrected chi connectivity index (χ3v) is 7.90. The molecule has 8 heteroatoms. The van der Waals surface area contributed by atoms with Crippen LogP contribution in [-0.4, -0.2) is 96.6 Å². The van der Waals surface area contributed by atoms with E-state index in [1.165, 1.54) is 0 Å².